The van der Waals surface area contributed by atoms with Gasteiger partial charge < -0.3 is 10.4 Å². The molecule has 1 heterocycles. The number of nitrogens with one attached hydrogen (secondary N) is 1. The molecule has 0 saturated carbocycles. The minimum atomic E-state index is -0.335. The number of hydrogen-bond donors (Lipinski definition) is 2. The number of rotatable bonds is 3. The van der Waals surface area contributed by atoms with Crippen molar-refractivity contribution >= 4 is 28.8 Å². The monoisotopic (exact) mass is 267 g/mol. The number of phenolic OH excluding ortho intramolecular Hbond substituents is 1. The molecule has 0 bridgehead atoms. The van der Waals surface area contributed by atoms with Crippen LogP contribution in [0.2, 0.25) is 5.02 Å². The number of hydrogen-bond acceptors (Lipinski definition) is 3. The summed E-state index contributed by atoms with van der Waals surface area (Å²) in [4.78, 5) is 12.8. The minimum absolute atomic E-state index is 0.0712. The van der Waals surface area contributed by atoms with Crippen LogP contribution in [-0.2, 0) is 6.54 Å². The summed E-state index contributed by atoms with van der Waals surface area (Å²) >= 11 is 7.34. The van der Waals surface area contributed by atoms with E-state index in [0.29, 0.717) is 11.6 Å². The molecule has 2 aromatic rings. The molecule has 0 atom stereocenters. The predicted molar refractivity (Wildman–Crippen MR) is 68.6 cm³/mol. The van der Waals surface area contributed by atoms with Gasteiger partial charge in [-0.2, -0.15) is 0 Å². The number of carbonyl (C=O) groups is 1. The molecule has 0 fully saturated rings. The van der Waals surface area contributed by atoms with E-state index < -0.39 is 0 Å². The normalized spacial score (nSPS) is 10.2. The highest BCUT2D eigenvalue weighted by Gasteiger charge is 2.11. The van der Waals surface area contributed by atoms with Gasteiger partial charge in [0.15, 0.2) is 0 Å². The van der Waals surface area contributed by atoms with Crippen LogP contribution in [0.3, 0.4) is 0 Å². The lowest BCUT2D eigenvalue weighted by atomic mass is 10.2. The Balaban J connectivity index is 2.07. The lowest BCUT2D eigenvalue weighted by Crippen LogP contribution is -2.22. The van der Waals surface area contributed by atoms with E-state index in [-0.39, 0.29) is 17.2 Å². The summed E-state index contributed by atoms with van der Waals surface area (Å²) in [6.07, 6.45) is 0. The molecule has 1 amide bonds. The highest BCUT2D eigenvalue weighted by Crippen LogP contribution is 2.21. The highest BCUT2D eigenvalue weighted by atomic mass is 35.5. The second kappa shape index (κ2) is 5.21. The zero-order valence-electron chi connectivity index (χ0n) is 8.81. The first-order valence-corrected chi connectivity index (χ1v) is 6.21. The van der Waals surface area contributed by atoms with E-state index in [1.807, 2.05) is 17.5 Å². The van der Waals surface area contributed by atoms with Crippen LogP contribution in [0, 0.1) is 0 Å². The van der Waals surface area contributed by atoms with Gasteiger partial charge in [-0.05, 0) is 29.6 Å². The Morgan fingerprint density at radius 2 is 2.24 bits per heavy atom. The minimum Gasteiger partial charge on any atom is -0.507 e. The largest absolute Gasteiger partial charge is 0.507 e. The standard InChI is InChI=1S/C12H10ClNO2S/c13-8-3-4-11(15)10(6-8)12(16)14-7-9-2-1-5-17-9/h1-6,15H,7H2,(H,14,16). The Morgan fingerprint density at radius 3 is 2.94 bits per heavy atom. The maximum atomic E-state index is 11.8. The molecule has 88 valence electrons. The average Bonchev–Trinajstić information content (AvgIpc) is 2.82. The number of halogens is 1. The summed E-state index contributed by atoms with van der Waals surface area (Å²) in [6.45, 7) is 0.447. The van der Waals surface area contributed by atoms with Crippen LogP contribution in [0.25, 0.3) is 0 Å². The summed E-state index contributed by atoms with van der Waals surface area (Å²) in [7, 11) is 0. The van der Waals surface area contributed by atoms with Gasteiger partial charge in [0.2, 0.25) is 0 Å². The highest BCUT2D eigenvalue weighted by molar-refractivity contribution is 7.09. The van der Waals surface area contributed by atoms with Crippen LogP contribution in [-0.4, -0.2) is 11.0 Å². The summed E-state index contributed by atoms with van der Waals surface area (Å²) in [5.74, 6) is -0.406. The van der Waals surface area contributed by atoms with Crippen molar-refractivity contribution in [2.45, 2.75) is 6.54 Å². The van der Waals surface area contributed by atoms with E-state index in [1.54, 1.807) is 11.3 Å². The zero-order chi connectivity index (χ0) is 12.3. The molecule has 0 radical (unpaired) electrons. The quantitative estimate of drug-likeness (QED) is 0.898. The molecule has 1 aromatic carbocycles. The van der Waals surface area contributed by atoms with Crippen molar-refractivity contribution in [3.63, 3.8) is 0 Å². The number of carbonyl (C=O) groups excluding carboxylic acids is 1. The molecule has 0 aliphatic heterocycles. The van der Waals surface area contributed by atoms with Crippen LogP contribution < -0.4 is 5.32 Å². The van der Waals surface area contributed by atoms with E-state index in [0.717, 1.165) is 4.88 Å². The third-order valence-electron chi connectivity index (χ3n) is 2.21. The topological polar surface area (TPSA) is 49.3 Å². The van der Waals surface area contributed by atoms with Crippen molar-refractivity contribution in [2.75, 3.05) is 0 Å². The lowest BCUT2D eigenvalue weighted by Gasteiger charge is -2.06. The summed E-state index contributed by atoms with van der Waals surface area (Å²) in [5.41, 5.74) is 0.189. The van der Waals surface area contributed by atoms with Crippen LogP contribution in [0.5, 0.6) is 5.75 Å². The number of benzene rings is 1. The van der Waals surface area contributed by atoms with Gasteiger partial charge in [-0.1, -0.05) is 17.7 Å². The average molecular weight is 268 g/mol. The molecule has 5 heteroatoms. The molecular formula is C12H10ClNO2S. The second-order valence-electron chi connectivity index (χ2n) is 3.42. The van der Waals surface area contributed by atoms with E-state index in [9.17, 15) is 9.90 Å². The maximum Gasteiger partial charge on any atom is 0.255 e. The van der Waals surface area contributed by atoms with Crippen LogP contribution in [0.15, 0.2) is 35.7 Å². The van der Waals surface area contributed by atoms with Crippen molar-refractivity contribution in [3.8, 4) is 5.75 Å². The Hall–Kier alpha value is -1.52. The van der Waals surface area contributed by atoms with Crippen molar-refractivity contribution in [3.05, 3.63) is 51.2 Å². The zero-order valence-corrected chi connectivity index (χ0v) is 10.4. The fraction of sp³-hybridized carbons (Fsp3) is 0.0833. The second-order valence-corrected chi connectivity index (χ2v) is 4.89. The molecule has 0 spiro atoms. The van der Waals surface area contributed by atoms with Crippen LogP contribution in [0.1, 0.15) is 15.2 Å². The smallest absolute Gasteiger partial charge is 0.255 e. The fourth-order valence-electron chi connectivity index (χ4n) is 1.37. The van der Waals surface area contributed by atoms with Gasteiger partial charge in [-0.3, -0.25) is 4.79 Å². The maximum absolute atomic E-state index is 11.8. The number of amides is 1. The number of aromatic hydroxyl groups is 1. The lowest BCUT2D eigenvalue weighted by molar-refractivity contribution is 0.0948. The fourth-order valence-corrected chi connectivity index (χ4v) is 2.18. The van der Waals surface area contributed by atoms with Gasteiger partial charge in [0, 0.05) is 9.90 Å². The molecule has 3 nitrogen and oxygen atoms in total. The van der Waals surface area contributed by atoms with Crippen molar-refractivity contribution in [2.24, 2.45) is 0 Å². The van der Waals surface area contributed by atoms with Gasteiger partial charge in [0.25, 0.3) is 5.91 Å². The SMILES string of the molecule is O=C(NCc1cccs1)c1cc(Cl)ccc1O. The van der Waals surface area contributed by atoms with Crippen molar-refractivity contribution in [1.29, 1.82) is 0 Å². The van der Waals surface area contributed by atoms with Crippen molar-refractivity contribution in [1.82, 2.24) is 5.32 Å². The molecule has 2 rings (SSSR count). The molecule has 0 unspecified atom stereocenters. The number of thiophene rings is 1. The Morgan fingerprint density at radius 1 is 1.41 bits per heavy atom. The molecule has 17 heavy (non-hydrogen) atoms. The van der Waals surface area contributed by atoms with Crippen molar-refractivity contribution < 1.29 is 9.90 Å². The van der Waals surface area contributed by atoms with E-state index in [4.69, 9.17) is 11.6 Å². The van der Waals surface area contributed by atoms with Gasteiger partial charge in [0.05, 0.1) is 12.1 Å². The van der Waals surface area contributed by atoms with Gasteiger partial charge in [-0.15, -0.1) is 11.3 Å². The number of phenols is 1. The first kappa shape index (κ1) is 12.0. The Labute approximate surface area is 108 Å². The van der Waals surface area contributed by atoms with Gasteiger partial charge >= 0.3 is 0 Å². The van der Waals surface area contributed by atoms with Crippen LogP contribution in [0.4, 0.5) is 0 Å². The van der Waals surface area contributed by atoms with Gasteiger partial charge in [-0.25, -0.2) is 0 Å². The predicted octanol–water partition coefficient (Wildman–Crippen LogP) is 3.04. The molecule has 0 aliphatic carbocycles. The summed E-state index contributed by atoms with van der Waals surface area (Å²) in [6, 6.07) is 8.24. The third-order valence-corrected chi connectivity index (χ3v) is 3.32. The first-order chi connectivity index (χ1) is 8.16. The Bertz CT molecular complexity index is 525. The van der Waals surface area contributed by atoms with E-state index >= 15 is 0 Å². The molecule has 0 aliphatic rings. The first-order valence-electron chi connectivity index (χ1n) is 4.96. The van der Waals surface area contributed by atoms with Gasteiger partial charge in [0.1, 0.15) is 5.75 Å². The summed E-state index contributed by atoms with van der Waals surface area (Å²) < 4.78 is 0. The molecule has 2 N–H and O–H groups in total. The third kappa shape index (κ3) is 2.99. The molecule has 1 aromatic heterocycles. The van der Waals surface area contributed by atoms with E-state index in [2.05, 4.69) is 5.32 Å². The van der Waals surface area contributed by atoms with E-state index in [1.165, 1.54) is 18.2 Å². The Kier molecular flexibility index (Phi) is 3.66. The van der Waals surface area contributed by atoms with Crippen LogP contribution >= 0.6 is 22.9 Å². The summed E-state index contributed by atoms with van der Waals surface area (Å²) in [5, 5.41) is 14.6. The molecular weight excluding hydrogens is 258 g/mol. The molecule has 0 saturated heterocycles.